The standard InChI is InChI=1S/C16H19ClN4O/c17-14-8-11-9(5-3-7-12(11)19-14)16(22)21-15(18)10-4-1-2-6-13(10)20-21/h8-9,19H,1-7,18H2/t9-/m0/s1. The molecule has 5 nitrogen and oxygen atoms in total. The summed E-state index contributed by atoms with van der Waals surface area (Å²) >= 11 is 6.07. The quantitative estimate of drug-likeness (QED) is 0.848. The number of aromatic nitrogens is 3. The van der Waals surface area contributed by atoms with E-state index in [0.29, 0.717) is 11.0 Å². The molecule has 0 aromatic carbocycles. The number of H-pyrrole nitrogens is 1. The van der Waals surface area contributed by atoms with Crippen molar-refractivity contribution >= 4 is 23.3 Å². The minimum atomic E-state index is -0.198. The van der Waals surface area contributed by atoms with Gasteiger partial charge in [-0.05, 0) is 56.6 Å². The molecule has 2 aliphatic rings. The third-order valence-electron chi connectivity index (χ3n) is 4.90. The molecule has 0 bridgehead atoms. The summed E-state index contributed by atoms with van der Waals surface area (Å²) in [5, 5.41) is 5.10. The lowest BCUT2D eigenvalue weighted by atomic mass is 9.86. The molecular weight excluding hydrogens is 300 g/mol. The van der Waals surface area contributed by atoms with Crippen molar-refractivity contribution in [3.8, 4) is 0 Å². The molecule has 22 heavy (non-hydrogen) atoms. The number of nitrogen functional groups attached to an aromatic ring is 1. The van der Waals surface area contributed by atoms with E-state index in [4.69, 9.17) is 17.3 Å². The first-order valence-corrected chi connectivity index (χ1v) is 8.30. The topological polar surface area (TPSA) is 76.7 Å². The van der Waals surface area contributed by atoms with Crippen LogP contribution in [0.3, 0.4) is 0 Å². The van der Waals surface area contributed by atoms with E-state index in [-0.39, 0.29) is 11.8 Å². The molecule has 0 saturated carbocycles. The maximum absolute atomic E-state index is 13.0. The van der Waals surface area contributed by atoms with E-state index >= 15 is 0 Å². The lowest BCUT2D eigenvalue weighted by Gasteiger charge is -2.21. The summed E-state index contributed by atoms with van der Waals surface area (Å²) in [4.78, 5) is 16.1. The molecule has 2 aromatic heterocycles. The fourth-order valence-electron chi connectivity index (χ4n) is 3.78. The van der Waals surface area contributed by atoms with Gasteiger partial charge in [0, 0.05) is 11.3 Å². The molecule has 0 spiro atoms. The van der Waals surface area contributed by atoms with Crippen molar-refractivity contribution in [2.24, 2.45) is 0 Å². The van der Waals surface area contributed by atoms with E-state index in [1.807, 2.05) is 6.07 Å². The number of fused-ring (bicyclic) bond motifs is 2. The van der Waals surface area contributed by atoms with Crippen LogP contribution in [-0.4, -0.2) is 20.7 Å². The Kier molecular flexibility index (Phi) is 3.26. The summed E-state index contributed by atoms with van der Waals surface area (Å²) in [7, 11) is 0. The van der Waals surface area contributed by atoms with Crippen molar-refractivity contribution in [1.82, 2.24) is 14.8 Å². The number of anilines is 1. The number of nitrogens with two attached hydrogens (primary N) is 1. The molecule has 2 aliphatic carbocycles. The molecule has 0 unspecified atom stereocenters. The van der Waals surface area contributed by atoms with Gasteiger partial charge in [0.15, 0.2) is 0 Å². The molecule has 2 heterocycles. The number of rotatable bonds is 1. The van der Waals surface area contributed by atoms with Crippen LogP contribution in [0.4, 0.5) is 5.82 Å². The highest BCUT2D eigenvalue weighted by Gasteiger charge is 2.32. The van der Waals surface area contributed by atoms with Gasteiger partial charge in [0.25, 0.3) is 5.91 Å². The fraction of sp³-hybridized carbons (Fsp3) is 0.500. The average Bonchev–Trinajstić information content (AvgIpc) is 3.06. The zero-order valence-corrected chi connectivity index (χ0v) is 13.1. The van der Waals surface area contributed by atoms with E-state index in [2.05, 4.69) is 10.1 Å². The van der Waals surface area contributed by atoms with Gasteiger partial charge in [0.2, 0.25) is 0 Å². The average molecular weight is 319 g/mol. The third kappa shape index (κ3) is 2.07. The molecule has 4 rings (SSSR count). The second kappa shape index (κ2) is 5.16. The first kappa shape index (κ1) is 13.9. The van der Waals surface area contributed by atoms with Crippen LogP contribution in [0.1, 0.15) is 58.9 Å². The van der Waals surface area contributed by atoms with Crippen LogP contribution in [0.5, 0.6) is 0 Å². The van der Waals surface area contributed by atoms with Gasteiger partial charge < -0.3 is 10.7 Å². The van der Waals surface area contributed by atoms with E-state index < -0.39 is 0 Å². The highest BCUT2D eigenvalue weighted by Crippen LogP contribution is 2.36. The summed E-state index contributed by atoms with van der Waals surface area (Å²) in [5.41, 5.74) is 10.4. The second-order valence-electron chi connectivity index (χ2n) is 6.26. The highest BCUT2D eigenvalue weighted by molar-refractivity contribution is 6.29. The van der Waals surface area contributed by atoms with Crippen LogP contribution < -0.4 is 5.73 Å². The molecule has 116 valence electrons. The number of carbonyl (C=O) groups is 1. The first-order chi connectivity index (χ1) is 10.6. The van der Waals surface area contributed by atoms with E-state index in [1.165, 1.54) is 4.68 Å². The molecule has 2 aromatic rings. The summed E-state index contributed by atoms with van der Waals surface area (Å²) in [6.07, 6.45) is 6.84. The van der Waals surface area contributed by atoms with Crippen LogP contribution in [0, 0.1) is 0 Å². The second-order valence-corrected chi connectivity index (χ2v) is 6.67. The highest BCUT2D eigenvalue weighted by atomic mass is 35.5. The predicted molar refractivity (Wildman–Crippen MR) is 85.4 cm³/mol. The Morgan fingerprint density at radius 3 is 2.95 bits per heavy atom. The molecule has 6 heteroatoms. The predicted octanol–water partition coefficient (Wildman–Crippen LogP) is 3.09. The number of aromatic amines is 1. The summed E-state index contributed by atoms with van der Waals surface area (Å²) < 4.78 is 1.44. The Balaban J connectivity index is 1.72. The van der Waals surface area contributed by atoms with E-state index in [9.17, 15) is 4.79 Å². The van der Waals surface area contributed by atoms with E-state index in [1.54, 1.807) is 0 Å². The van der Waals surface area contributed by atoms with Gasteiger partial charge >= 0.3 is 0 Å². The van der Waals surface area contributed by atoms with Crippen molar-refractivity contribution in [3.63, 3.8) is 0 Å². The molecule has 0 amide bonds. The number of aryl methyl sites for hydroxylation is 2. The van der Waals surface area contributed by atoms with Crippen LogP contribution in [0.25, 0.3) is 0 Å². The zero-order valence-electron chi connectivity index (χ0n) is 12.4. The lowest BCUT2D eigenvalue weighted by Crippen LogP contribution is -2.25. The van der Waals surface area contributed by atoms with Crippen molar-refractivity contribution in [3.05, 3.63) is 33.7 Å². The zero-order chi connectivity index (χ0) is 15.3. The third-order valence-corrected chi connectivity index (χ3v) is 5.10. The minimum absolute atomic E-state index is 0.0245. The van der Waals surface area contributed by atoms with Gasteiger partial charge in [-0.15, -0.1) is 0 Å². The fourth-order valence-corrected chi connectivity index (χ4v) is 4.01. The smallest absolute Gasteiger partial charge is 0.256 e. The number of hydrogen-bond acceptors (Lipinski definition) is 3. The molecule has 0 saturated heterocycles. The number of halogens is 1. The Bertz CT molecular complexity index is 746. The number of hydrogen-bond donors (Lipinski definition) is 2. The Hall–Kier alpha value is -1.75. The summed E-state index contributed by atoms with van der Waals surface area (Å²) in [6.45, 7) is 0. The van der Waals surface area contributed by atoms with Crippen molar-refractivity contribution in [2.75, 3.05) is 5.73 Å². The van der Waals surface area contributed by atoms with Crippen LogP contribution in [0.15, 0.2) is 6.07 Å². The van der Waals surface area contributed by atoms with Gasteiger partial charge in [-0.1, -0.05) is 11.6 Å². The molecule has 0 fully saturated rings. The summed E-state index contributed by atoms with van der Waals surface area (Å²) in [6, 6.07) is 1.87. The lowest BCUT2D eigenvalue weighted by molar-refractivity contribution is 0.0854. The van der Waals surface area contributed by atoms with Gasteiger partial charge in [-0.3, -0.25) is 4.79 Å². The van der Waals surface area contributed by atoms with Crippen LogP contribution in [-0.2, 0) is 19.3 Å². The minimum Gasteiger partial charge on any atom is -0.383 e. The maximum Gasteiger partial charge on any atom is 0.256 e. The number of nitrogens with zero attached hydrogens (tertiary/aromatic N) is 2. The molecule has 1 atom stereocenters. The van der Waals surface area contributed by atoms with E-state index in [0.717, 1.165) is 67.5 Å². The summed E-state index contributed by atoms with van der Waals surface area (Å²) in [5.74, 6) is 0.313. The van der Waals surface area contributed by atoms with Gasteiger partial charge in [-0.25, -0.2) is 0 Å². The molecule has 3 N–H and O–H groups in total. The Morgan fingerprint density at radius 2 is 2.14 bits per heavy atom. The molecular formula is C16H19ClN4O. The van der Waals surface area contributed by atoms with Crippen LogP contribution >= 0.6 is 11.6 Å². The largest absolute Gasteiger partial charge is 0.383 e. The van der Waals surface area contributed by atoms with Gasteiger partial charge in [0.05, 0.1) is 11.6 Å². The monoisotopic (exact) mass is 318 g/mol. The maximum atomic E-state index is 13.0. The van der Waals surface area contributed by atoms with Crippen molar-refractivity contribution < 1.29 is 4.79 Å². The SMILES string of the molecule is Nc1c2c(nn1C(=O)[C@H]1CCCc3[nH]c(Cl)cc31)CCCC2. The Morgan fingerprint density at radius 1 is 1.32 bits per heavy atom. The molecule has 0 radical (unpaired) electrons. The molecule has 0 aliphatic heterocycles. The van der Waals surface area contributed by atoms with Crippen molar-refractivity contribution in [1.29, 1.82) is 0 Å². The normalized spacial score (nSPS) is 20.5. The first-order valence-electron chi connectivity index (χ1n) is 7.93. The Labute approximate surface area is 133 Å². The number of carbonyl (C=O) groups excluding carboxylic acids is 1. The van der Waals surface area contributed by atoms with Gasteiger partial charge in [0.1, 0.15) is 11.0 Å². The van der Waals surface area contributed by atoms with Gasteiger partial charge in [-0.2, -0.15) is 9.78 Å². The van der Waals surface area contributed by atoms with Crippen molar-refractivity contribution in [2.45, 2.75) is 50.9 Å². The van der Waals surface area contributed by atoms with Crippen LogP contribution in [0.2, 0.25) is 5.15 Å². The number of nitrogens with one attached hydrogen (secondary N) is 1.